The van der Waals surface area contributed by atoms with Crippen molar-refractivity contribution in [3.05, 3.63) is 0 Å². The molecule has 15 heavy (non-hydrogen) atoms. The summed E-state index contributed by atoms with van der Waals surface area (Å²) in [7, 11) is 4.38. The molecule has 1 saturated carbocycles. The van der Waals surface area contributed by atoms with Gasteiger partial charge in [0.15, 0.2) is 0 Å². The number of hydrogen-bond donors (Lipinski definition) is 1. The first-order chi connectivity index (χ1) is 7.15. The van der Waals surface area contributed by atoms with Crippen molar-refractivity contribution in [2.45, 2.75) is 58.0 Å². The van der Waals surface area contributed by atoms with Crippen LogP contribution >= 0.6 is 0 Å². The second kappa shape index (κ2) is 6.49. The third kappa shape index (κ3) is 4.12. The quantitative estimate of drug-likeness (QED) is 0.720. The van der Waals surface area contributed by atoms with Crippen molar-refractivity contribution >= 4 is 0 Å². The highest BCUT2D eigenvalue weighted by Gasteiger charge is 2.23. The van der Waals surface area contributed by atoms with Crippen molar-refractivity contribution in [2.24, 2.45) is 5.92 Å². The molecule has 0 spiro atoms. The highest BCUT2D eigenvalue weighted by Crippen LogP contribution is 2.24. The topological polar surface area (TPSA) is 15.3 Å². The van der Waals surface area contributed by atoms with Crippen molar-refractivity contribution in [1.82, 2.24) is 10.2 Å². The molecule has 0 heterocycles. The SMILES string of the molecule is CNC1CCCCCC1CN(C)C(C)C. The summed E-state index contributed by atoms with van der Waals surface area (Å²) in [5.74, 6) is 0.852. The van der Waals surface area contributed by atoms with Gasteiger partial charge in [-0.2, -0.15) is 0 Å². The zero-order valence-electron chi connectivity index (χ0n) is 10.9. The molecule has 0 aromatic carbocycles. The van der Waals surface area contributed by atoms with Gasteiger partial charge in [-0.05, 0) is 46.7 Å². The molecule has 2 heteroatoms. The fourth-order valence-electron chi connectivity index (χ4n) is 2.56. The van der Waals surface area contributed by atoms with Gasteiger partial charge in [0.1, 0.15) is 0 Å². The lowest BCUT2D eigenvalue weighted by Gasteiger charge is -2.31. The molecule has 90 valence electrons. The molecule has 1 aliphatic carbocycles. The first-order valence-corrected chi connectivity index (χ1v) is 6.52. The average Bonchev–Trinajstić information content (AvgIpc) is 2.42. The maximum absolute atomic E-state index is 3.51. The number of hydrogen-bond acceptors (Lipinski definition) is 2. The molecule has 0 aliphatic heterocycles. The van der Waals surface area contributed by atoms with E-state index in [1.165, 1.54) is 38.6 Å². The standard InChI is InChI=1S/C13H28N2/c1-11(2)15(4)10-12-8-6-5-7-9-13(12)14-3/h11-14H,5-10H2,1-4H3. The molecule has 2 nitrogen and oxygen atoms in total. The molecule has 1 rings (SSSR count). The van der Waals surface area contributed by atoms with Gasteiger partial charge in [-0.1, -0.05) is 19.3 Å². The van der Waals surface area contributed by atoms with E-state index in [0.717, 1.165) is 12.0 Å². The van der Waals surface area contributed by atoms with E-state index in [4.69, 9.17) is 0 Å². The van der Waals surface area contributed by atoms with Gasteiger partial charge in [-0.3, -0.25) is 0 Å². The Balaban J connectivity index is 2.47. The van der Waals surface area contributed by atoms with E-state index >= 15 is 0 Å². The van der Waals surface area contributed by atoms with Crippen molar-refractivity contribution < 1.29 is 0 Å². The van der Waals surface area contributed by atoms with E-state index in [-0.39, 0.29) is 0 Å². The molecule has 2 atom stereocenters. The molecule has 0 saturated heterocycles. The van der Waals surface area contributed by atoms with Gasteiger partial charge in [-0.15, -0.1) is 0 Å². The van der Waals surface area contributed by atoms with Crippen LogP contribution in [0.2, 0.25) is 0 Å². The van der Waals surface area contributed by atoms with Crippen LogP contribution in [0.25, 0.3) is 0 Å². The highest BCUT2D eigenvalue weighted by atomic mass is 15.1. The van der Waals surface area contributed by atoms with Gasteiger partial charge < -0.3 is 10.2 Å². The summed E-state index contributed by atoms with van der Waals surface area (Å²) in [4.78, 5) is 2.49. The Morgan fingerprint density at radius 2 is 1.87 bits per heavy atom. The lowest BCUT2D eigenvalue weighted by Crippen LogP contribution is -2.41. The van der Waals surface area contributed by atoms with E-state index in [2.05, 4.69) is 38.2 Å². The highest BCUT2D eigenvalue weighted by molar-refractivity contribution is 4.80. The van der Waals surface area contributed by atoms with Gasteiger partial charge in [-0.25, -0.2) is 0 Å². The van der Waals surface area contributed by atoms with E-state index in [9.17, 15) is 0 Å². The summed E-state index contributed by atoms with van der Waals surface area (Å²) >= 11 is 0. The number of nitrogens with one attached hydrogen (secondary N) is 1. The Hall–Kier alpha value is -0.0800. The summed E-state index contributed by atoms with van der Waals surface area (Å²) in [6.07, 6.45) is 7.04. The van der Waals surface area contributed by atoms with Gasteiger partial charge in [0, 0.05) is 18.6 Å². The van der Waals surface area contributed by atoms with Gasteiger partial charge >= 0.3 is 0 Å². The van der Waals surface area contributed by atoms with E-state index in [0.29, 0.717) is 6.04 Å². The maximum atomic E-state index is 3.51. The van der Waals surface area contributed by atoms with Crippen LogP contribution in [0.3, 0.4) is 0 Å². The summed E-state index contributed by atoms with van der Waals surface area (Å²) in [6, 6.07) is 1.42. The third-order valence-electron chi connectivity index (χ3n) is 3.93. The van der Waals surface area contributed by atoms with Crippen molar-refractivity contribution in [1.29, 1.82) is 0 Å². The largest absolute Gasteiger partial charge is 0.317 e. The van der Waals surface area contributed by atoms with Crippen molar-refractivity contribution in [3.8, 4) is 0 Å². The minimum atomic E-state index is 0.672. The maximum Gasteiger partial charge on any atom is 0.0104 e. The van der Waals surface area contributed by atoms with Crippen molar-refractivity contribution in [2.75, 3.05) is 20.6 Å². The zero-order chi connectivity index (χ0) is 11.3. The molecule has 1 N–H and O–H groups in total. The van der Waals surface area contributed by atoms with Crippen LogP contribution in [0.4, 0.5) is 0 Å². The van der Waals surface area contributed by atoms with Crippen LogP contribution < -0.4 is 5.32 Å². The van der Waals surface area contributed by atoms with Crippen LogP contribution in [0.15, 0.2) is 0 Å². The summed E-state index contributed by atoms with van der Waals surface area (Å²) in [5, 5.41) is 3.51. The second-order valence-electron chi connectivity index (χ2n) is 5.33. The first-order valence-electron chi connectivity index (χ1n) is 6.52. The summed E-state index contributed by atoms with van der Waals surface area (Å²) in [6.45, 7) is 5.82. The van der Waals surface area contributed by atoms with E-state index in [1.807, 2.05) is 0 Å². The van der Waals surface area contributed by atoms with Crippen LogP contribution in [0.5, 0.6) is 0 Å². The Morgan fingerprint density at radius 3 is 2.47 bits per heavy atom. The van der Waals surface area contributed by atoms with Crippen LogP contribution in [-0.2, 0) is 0 Å². The monoisotopic (exact) mass is 212 g/mol. The molecular weight excluding hydrogens is 184 g/mol. The molecule has 0 bridgehead atoms. The molecule has 1 fully saturated rings. The molecule has 0 aromatic rings. The molecule has 0 amide bonds. The fourth-order valence-corrected chi connectivity index (χ4v) is 2.56. The molecular formula is C13H28N2. The Kier molecular flexibility index (Phi) is 5.62. The molecule has 0 radical (unpaired) electrons. The van der Waals surface area contributed by atoms with E-state index in [1.54, 1.807) is 0 Å². The predicted molar refractivity (Wildman–Crippen MR) is 67.2 cm³/mol. The number of rotatable bonds is 4. The van der Waals surface area contributed by atoms with Crippen LogP contribution in [0, 0.1) is 5.92 Å². The Labute approximate surface area is 95.4 Å². The zero-order valence-corrected chi connectivity index (χ0v) is 10.9. The lowest BCUT2D eigenvalue weighted by molar-refractivity contribution is 0.196. The van der Waals surface area contributed by atoms with E-state index < -0.39 is 0 Å². The first kappa shape index (κ1) is 13.0. The summed E-state index contributed by atoms with van der Waals surface area (Å²) < 4.78 is 0. The molecule has 0 aromatic heterocycles. The lowest BCUT2D eigenvalue weighted by atomic mass is 9.94. The minimum absolute atomic E-state index is 0.672. The normalized spacial score (nSPS) is 28.4. The average molecular weight is 212 g/mol. The predicted octanol–water partition coefficient (Wildman–Crippen LogP) is 2.49. The molecule has 2 unspecified atom stereocenters. The fraction of sp³-hybridized carbons (Fsp3) is 1.00. The molecule has 1 aliphatic rings. The number of nitrogens with zero attached hydrogens (tertiary/aromatic N) is 1. The van der Waals surface area contributed by atoms with Crippen molar-refractivity contribution in [3.63, 3.8) is 0 Å². The minimum Gasteiger partial charge on any atom is -0.317 e. The third-order valence-corrected chi connectivity index (χ3v) is 3.93. The van der Waals surface area contributed by atoms with Crippen LogP contribution in [-0.4, -0.2) is 37.6 Å². The second-order valence-corrected chi connectivity index (χ2v) is 5.33. The Morgan fingerprint density at radius 1 is 1.20 bits per heavy atom. The van der Waals surface area contributed by atoms with Gasteiger partial charge in [0.25, 0.3) is 0 Å². The van der Waals surface area contributed by atoms with Crippen LogP contribution in [0.1, 0.15) is 46.0 Å². The van der Waals surface area contributed by atoms with Gasteiger partial charge in [0.05, 0.1) is 0 Å². The Bertz CT molecular complexity index is 168. The summed E-state index contributed by atoms with van der Waals surface area (Å²) in [5.41, 5.74) is 0. The van der Waals surface area contributed by atoms with Gasteiger partial charge in [0.2, 0.25) is 0 Å². The smallest absolute Gasteiger partial charge is 0.0104 e.